The molecule has 0 unspecified atom stereocenters. The fraction of sp³-hybridized carbons (Fsp3) is 0.385. The lowest BCUT2D eigenvalue weighted by Crippen LogP contribution is -2.19. The van der Waals surface area contributed by atoms with E-state index in [0.29, 0.717) is 11.3 Å². The Bertz CT molecular complexity index is 494. The number of hydrogen-bond acceptors (Lipinski definition) is 3. The molecule has 1 aromatic rings. The third-order valence-corrected chi connectivity index (χ3v) is 3.16. The van der Waals surface area contributed by atoms with E-state index < -0.39 is 4.92 Å². The molecule has 1 fully saturated rings. The molecule has 5 heteroatoms. The van der Waals surface area contributed by atoms with E-state index in [0.717, 1.165) is 37.7 Å². The van der Waals surface area contributed by atoms with Gasteiger partial charge in [0.05, 0.1) is 10.6 Å². The van der Waals surface area contributed by atoms with Crippen LogP contribution < -0.4 is 4.90 Å². The van der Waals surface area contributed by atoms with Gasteiger partial charge in [-0.2, -0.15) is 0 Å². The average Bonchev–Trinajstić information content (AvgIpc) is 2.83. The van der Waals surface area contributed by atoms with Crippen molar-refractivity contribution in [1.29, 1.82) is 0 Å². The van der Waals surface area contributed by atoms with E-state index in [4.69, 9.17) is 0 Å². The molecule has 1 heterocycles. The van der Waals surface area contributed by atoms with Gasteiger partial charge in [-0.3, -0.25) is 10.1 Å². The second-order valence-corrected chi connectivity index (χ2v) is 4.46. The van der Waals surface area contributed by atoms with Gasteiger partial charge in [-0.05, 0) is 43.0 Å². The summed E-state index contributed by atoms with van der Waals surface area (Å²) < 4.78 is 14.0. The third kappa shape index (κ3) is 2.67. The molecule has 18 heavy (non-hydrogen) atoms. The maximum Gasteiger partial charge on any atom is 0.235 e. The molecule has 0 bridgehead atoms. The van der Waals surface area contributed by atoms with Crippen molar-refractivity contribution in [2.45, 2.75) is 19.8 Å². The molecule has 0 saturated carbocycles. The lowest BCUT2D eigenvalue weighted by Gasteiger charge is -2.19. The Morgan fingerprint density at radius 3 is 2.67 bits per heavy atom. The van der Waals surface area contributed by atoms with E-state index >= 15 is 0 Å². The Hall–Kier alpha value is -1.91. The highest BCUT2D eigenvalue weighted by Gasteiger charge is 2.17. The van der Waals surface area contributed by atoms with Gasteiger partial charge in [-0.15, -0.1) is 0 Å². The van der Waals surface area contributed by atoms with Gasteiger partial charge >= 0.3 is 0 Å². The Balaban J connectivity index is 2.31. The first-order valence-corrected chi connectivity index (χ1v) is 5.95. The van der Waals surface area contributed by atoms with Crippen LogP contribution in [0.1, 0.15) is 24.0 Å². The summed E-state index contributed by atoms with van der Waals surface area (Å²) in [4.78, 5) is 11.7. The number of nitro groups is 1. The van der Waals surface area contributed by atoms with Gasteiger partial charge in [-0.1, -0.05) is 0 Å². The Morgan fingerprint density at radius 2 is 2.06 bits per heavy atom. The summed E-state index contributed by atoms with van der Waals surface area (Å²) >= 11 is 0. The Labute approximate surface area is 105 Å². The zero-order chi connectivity index (χ0) is 13.1. The molecule has 2 rings (SSSR count). The number of benzene rings is 1. The summed E-state index contributed by atoms with van der Waals surface area (Å²) in [5.74, 6) is -0.314. The zero-order valence-electron chi connectivity index (χ0n) is 10.2. The molecule has 4 nitrogen and oxygen atoms in total. The SMILES string of the molecule is Cc1cc(N2CCCC2)c(F)cc1C=C[N+](=O)[O-]. The summed E-state index contributed by atoms with van der Waals surface area (Å²) in [7, 11) is 0. The molecule has 0 radical (unpaired) electrons. The van der Waals surface area contributed by atoms with E-state index in [2.05, 4.69) is 0 Å². The van der Waals surface area contributed by atoms with E-state index in [-0.39, 0.29) is 5.82 Å². The fourth-order valence-corrected chi connectivity index (χ4v) is 2.20. The molecular formula is C13H15FN2O2. The van der Waals surface area contributed by atoms with Crippen molar-refractivity contribution in [2.75, 3.05) is 18.0 Å². The summed E-state index contributed by atoms with van der Waals surface area (Å²) in [6, 6.07) is 3.13. The third-order valence-electron chi connectivity index (χ3n) is 3.16. The smallest absolute Gasteiger partial charge is 0.235 e. The van der Waals surface area contributed by atoms with Crippen LogP contribution in [0.25, 0.3) is 6.08 Å². The summed E-state index contributed by atoms with van der Waals surface area (Å²) in [5, 5.41) is 10.3. The monoisotopic (exact) mass is 250 g/mol. The summed E-state index contributed by atoms with van der Waals surface area (Å²) in [5.41, 5.74) is 1.99. The molecule has 0 amide bonds. The van der Waals surface area contributed by atoms with Crippen molar-refractivity contribution in [3.8, 4) is 0 Å². The molecule has 0 aromatic heterocycles. The topological polar surface area (TPSA) is 46.4 Å². The second kappa shape index (κ2) is 5.16. The minimum absolute atomic E-state index is 0.314. The van der Waals surface area contributed by atoms with Crippen LogP contribution >= 0.6 is 0 Å². The van der Waals surface area contributed by atoms with Gasteiger partial charge in [0.15, 0.2) is 0 Å². The maximum atomic E-state index is 14.0. The molecular weight excluding hydrogens is 235 g/mol. The maximum absolute atomic E-state index is 14.0. The van der Waals surface area contributed by atoms with Crippen molar-refractivity contribution in [2.24, 2.45) is 0 Å². The van der Waals surface area contributed by atoms with E-state index in [1.54, 1.807) is 6.07 Å². The first-order valence-electron chi connectivity index (χ1n) is 5.95. The van der Waals surface area contributed by atoms with Crippen LogP contribution in [0.2, 0.25) is 0 Å². The molecule has 1 saturated heterocycles. The molecule has 96 valence electrons. The summed E-state index contributed by atoms with van der Waals surface area (Å²) in [6.45, 7) is 3.58. The van der Waals surface area contributed by atoms with Crippen molar-refractivity contribution >= 4 is 11.8 Å². The number of hydrogen-bond donors (Lipinski definition) is 0. The lowest BCUT2D eigenvalue weighted by atomic mass is 10.1. The minimum atomic E-state index is -0.550. The zero-order valence-corrected chi connectivity index (χ0v) is 10.2. The van der Waals surface area contributed by atoms with E-state index in [9.17, 15) is 14.5 Å². The number of nitrogens with zero attached hydrogens (tertiary/aromatic N) is 2. The molecule has 0 spiro atoms. The van der Waals surface area contributed by atoms with Crippen LogP contribution in [0.15, 0.2) is 18.3 Å². The van der Waals surface area contributed by atoms with Crippen molar-refractivity contribution in [1.82, 2.24) is 0 Å². The van der Waals surface area contributed by atoms with Crippen molar-refractivity contribution < 1.29 is 9.31 Å². The van der Waals surface area contributed by atoms with Gasteiger partial charge in [0.2, 0.25) is 6.20 Å². The highest BCUT2D eigenvalue weighted by atomic mass is 19.1. The van der Waals surface area contributed by atoms with Crippen molar-refractivity contribution in [3.05, 3.63) is 45.4 Å². The number of rotatable bonds is 3. The van der Waals surface area contributed by atoms with E-state index in [1.807, 2.05) is 11.8 Å². The van der Waals surface area contributed by atoms with Gasteiger partial charge in [0.1, 0.15) is 5.82 Å². The van der Waals surface area contributed by atoms with Crippen LogP contribution in [0, 0.1) is 22.9 Å². The predicted molar refractivity (Wildman–Crippen MR) is 68.6 cm³/mol. The normalized spacial score (nSPS) is 15.6. The highest BCUT2D eigenvalue weighted by molar-refractivity contribution is 5.60. The lowest BCUT2D eigenvalue weighted by molar-refractivity contribution is -0.400. The molecule has 1 aliphatic rings. The van der Waals surface area contributed by atoms with Crippen LogP contribution in [-0.2, 0) is 0 Å². The quantitative estimate of drug-likeness (QED) is 0.612. The number of anilines is 1. The highest BCUT2D eigenvalue weighted by Crippen LogP contribution is 2.27. The van der Waals surface area contributed by atoms with Gasteiger partial charge in [0, 0.05) is 19.2 Å². The van der Waals surface area contributed by atoms with Crippen LogP contribution in [0.3, 0.4) is 0 Å². The largest absolute Gasteiger partial charge is 0.369 e. The molecule has 0 N–H and O–H groups in total. The van der Waals surface area contributed by atoms with Crippen LogP contribution in [-0.4, -0.2) is 18.0 Å². The Morgan fingerprint density at radius 1 is 1.39 bits per heavy atom. The first-order chi connectivity index (χ1) is 8.58. The average molecular weight is 250 g/mol. The molecule has 0 atom stereocenters. The molecule has 1 aliphatic heterocycles. The van der Waals surface area contributed by atoms with Crippen LogP contribution in [0.5, 0.6) is 0 Å². The van der Waals surface area contributed by atoms with Crippen LogP contribution in [0.4, 0.5) is 10.1 Å². The van der Waals surface area contributed by atoms with Gasteiger partial charge in [0.25, 0.3) is 0 Å². The predicted octanol–water partition coefficient (Wildman–Crippen LogP) is 2.98. The number of aryl methyl sites for hydroxylation is 1. The standard InChI is InChI=1S/C13H15FN2O2/c1-10-8-13(15-5-2-3-6-15)12(14)9-11(10)4-7-16(17)18/h4,7-9H,2-3,5-6H2,1H3. The fourth-order valence-electron chi connectivity index (χ4n) is 2.20. The Kier molecular flexibility index (Phi) is 3.60. The second-order valence-electron chi connectivity index (χ2n) is 4.46. The van der Waals surface area contributed by atoms with E-state index in [1.165, 1.54) is 12.1 Å². The summed E-state index contributed by atoms with van der Waals surface area (Å²) in [6.07, 6.45) is 4.33. The molecule has 0 aliphatic carbocycles. The van der Waals surface area contributed by atoms with Crippen molar-refractivity contribution in [3.63, 3.8) is 0 Å². The molecule has 1 aromatic carbocycles. The minimum Gasteiger partial charge on any atom is -0.369 e. The van der Waals surface area contributed by atoms with Gasteiger partial charge in [-0.25, -0.2) is 4.39 Å². The van der Waals surface area contributed by atoms with Gasteiger partial charge < -0.3 is 4.90 Å². The number of halogens is 1. The first kappa shape index (κ1) is 12.5.